The highest BCUT2D eigenvalue weighted by Gasteiger charge is 2.51. The third kappa shape index (κ3) is 3.94. The molecule has 0 bridgehead atoms. The number of fused-ring (bicyclic) bond motifs is 3. The summed E-state index contributed by atoms with van der Waals surface area (Å²) in [7, 11) is -0.472. The van der Waals surface area contributed by atoms with Gasteiger partial charge in [-0.15, -0.1) is 0 Å². The number of carbonyl (C=O) groups excluding carboxylic acids is 1. The predicted molar refractivity (Wildman–Crippen MR) is 123 cm³/mol. The zero-order valence-electron chi connectivity index (χ0n) is 19.5. The van der Waals surface area contributed by atoms with E-state index in [9.17, 15) is 13.6 Å². The minimum atomic E-state index is -2.95. The van der Waals surface area contributed by atoms with Crippen LogP contribution in [0.3, 0.4) is 0 Å². The Morgan fingerprint density at radius 1 is 1.18 bits per heavy atom. The van der Waals surface area contributed by atoms with Crippen molar-refractivity contribution < 1.29 is 27.6 Å². The maximum Gasteiger partial charge on any atom is 0.494 e. The molecule has 7 nitrogen and oxygen atoms in total. The van der Waals surface area contributed by atoms with Crippen LogP contribution in [0.4, 0.5) is 8.78 Å². The third-order valence-electron chi connectivity index (χ3n) is 6.91. The smallest absolute Gasteiger partial charge is 0.435 e. The third-order valence-corrected chi connectivity index (χ3v) is 6.91. The molecule has 2 aliphatic heterocycles. The van der Waals surface area contributed by atoms with Gasteiger partial charge in [-0.1, -0.05) is 12.1 Å². The van der Waals surface area contributed by atoms with Gasteiger partial charge in [-0.3, -0.25) is 4.79 Å². The summed E-state index contributed by atoms with van der Waals surface area (Å²) in [5.74, 6) is 0.328. The van der Waals surface area contributed by atoms with Crippen molar-refractivity contribution in [3.63, 3.8) is 0 Å². The highest BCUT2D eigenvalue weighted by Crippen LogP contribution is 2.37. The van der Waals surface area contributed by atoms with Crippen LogP contribution in [0.1, 0.15) is 56.3 Å². The highest BCUT2D eigenvalue weighted by molar-refractivity contribution is 6.62. The second kappa shape index (κ2) is 8.06. The molecule has 1 saturated heterocycles. The molecule has 1 fully saturated rings. The molecule has 1 amide bonds. The van der Waals surface area contributed by atoms with Crippen LogP contribution in [0.2, 0.25) is 0 Å². The van der Waals surface area contributed by atoms with E-state index < -0.39 is 24.9 Å². The number of aromatic nitrogens is 2. The van der Waals surface area contributed by atoms with Crippen molar-refractivity contribution in [2.24, 2.45) is 0 Å². The van der Waals surface area contributed by atoms with E-state index in [1.165, 1.54) is 18.2 Å². The Morgan fingerprint density at radius 3 is 2.62 bits per heavy atom. The molecular formula is C24H26BF2N3O4. The van der Waals surface area contributed by atoms with E-state index in [4.69, 9.17) is 14.3 Å². The molecule has 0 aliphatic carbocycles. The summed E-state index contributed by atoms with van der Waals surface area (Å²) in [5.41, 5.74) is 2.07. The lowest BCUT2D eigenvalue weighted by molar-refractivity contribution is -0.0498. The van der Waals surface area contributed by atoms with Crippen LogP contribution in [0.15, 0.2) is 42.5 Å². The summed E-state index contributed by atoms with van der Waals surface area (Å²) in [6.07, 6.45) is 0.679. The lowest BCUT2D eigenvalue weighted by Gasteiger charge is -2.32. The minimum Gasteiger partial charge on any atom is -0.435 e. The Morgan fingerprint density at radius 2 is 1.91 bits per heavy atom. The van der Waals surface area contributed by atoms with E-state index >= 15 is 0 Å². The summed E-state index contributed by atoms with van der Waals surface area (Å²) in [4.78, 5) is 17.5. The fourth-order valence-electron chi connectivity index (χ4n) is 4.36. The van der Waals surface area contributed by atoms with Crippen LogP contribution in [0.5, 0.6) is 5.75 Å². The number of nitrogens with one attached hydrogen (secondary N) is 1. The number of rotatable bonds is 5. The van der Waals surface area contributed by atoms with Crippen LogP contribution in [0.25, 0.3) is 11.0 Å². The van der Waals surface area contributed by atoms with Gasteiger partial charge in [0.05, 0.1) is 28.3 Å². The van der Waals surface area contributed by atoms with E-state index in [0.717, 1.165) is 22.3 Å². The standard InChI is InChI=1S/C24H26BF2N3O4/c1-23(2)24(3,4)34-25(33-23)15-8-9-17-19(13-15)30-11-10-18(20(30)28-17)29-21(31)14-6-5-7-16(12-14)32-22(26)27/h5-9,12-13,18,22H,10-11H2,1-4H3,(H,29,31)/t18-/m1/s1. The molecular weight excluding hydrogens is 443 g/mol. The van der Waals surface area contributed by atoms with E-state index in [1.807, 2.05) is 45.9 Å². The molecule has 2 aliphatic rings. The molecule has 1 aromatic heterocycles. The van der Waals surface area contributed by atoms with Crippen molar-refractivity contribution in [2.75, 3.05) is 0 Å². The van der Waals surface area contributed by atoms with Gasteiger partial charge in [0.25, 0.3) is 5.91 Å². The van der Waals surface area contributed by atoms with Crippen molar-refractivity contribution in [3.05, 3.63) is 53.9 Å². The van der Waals surface area contributed by atoms with Gasteiger partial charge in [0, 0.05) is 12.1 Å². The molecule has 5 rings (SSSR count). The van der Waals surface area contributed by atoms with Crippen molar-refractivity contribution in [3.8, 4) is 5.75 Å². The Hall–Kier alpha value is -2.98. The molecule has 3 aromatic rings. The Kier molecular flexibility index (Phi) is 5.40. The Labute approximate surface area is 196 Å². The Bertz CT molecular complexity index is 1240. The number of aryl methyl sites for hydroxylation is 1. The average molecular weight is 469 g/mol. The van der Waals surface area contributed by atoms with Gasteiger partial charge in [-0.25, -0.2) is 4.98 Å². The van der Waals surface area contributed by atoms with Crippen molar-refractivity contribution >= 4 is 29.5 Å². The molecule has 0 unspecified atom stereocenters. The number of benzene rings is 2. The topological polar surface area (TPSA) is 74.6 Å². The van der Waals surface area contributed by atoms with E-state index in [0.29, 0.717) is 13.0 Å². The first-order valence-corrected chi connectivity index (χ1v) is 11.3. The van der Waals surface area contributed by atoms with Gasteiger partial charge in [0.1, 0.15) is 11.6 Å². The largest absolute Gasteiger partial charge is 0.494 e. The van der Waals surface area contributed by atoms with Gasteiger partial charge in [0.2, 0.25) is 0 Å². The van der Waals surface area contributed by atoms with Gasteiger partial charge in [0.15, 0.2) is 0 Å². The number of alkyl halides is 2. The van der Waals surface area contributed by atoms with Gasteiger partial charge >= 0.3 is 13.7 Å². The summed E-state index contributed by atoms with van der Waals surface area (Å²) in [5, 5.41) is 2.97. The summed E-state index contributed by atoms with van der Waals surface area (Å²) in [6.45, 7) is 5.82. The zero-order valence-corrected chi connectivity index (χ0v) is 19.5. The highest BCUT2D eigenvalue weighted by atomic mass is 19.3. The second-order valence-electron chi connectivity index (χ2n) is 9.68. The molecule has 2 aromatic carbocycles. The average Bonchev–Trinajstić information content (AvgIpc) is 3.38. The Balaban J connectivity index is 1.37. The molecule has 0 radical (unpaired) electrons. The number of ether oxygens (including phenoxy) is 1. The SMILES string of the molecule is CC1(C)OB(c2ccc3nc4n(c3c2)CC[C@H]4NC(=O)c2cccc(OC(F)F)c2)OC1(C)C. The van der Waals surface area contributed by atoms with Crippen LogP contribution in [-0.2, 0) is 15.9 Å². The molecule has 10 heteroatoms. The van der Waals surface area contributed by atoms with Crippen LogP contribution >= 0.6 is 0 Å². The van der Waals surface area contributed by atoms with Gasteiger partial charge < -0.3 is 23.9 Å². The van der Waals surface area contributed by atoms with Gasteiger partial charge in [-0.2, -0.15) is 8.78 Å². The number of carbonyl (C=O) groups is 1. The van der Waals surface area contributed by atoms with E-state index in [1.54, 1.807) is 6.07 Å². The lowest BCUT2D eigenvalue weighted by atomic mass is 9.79. The summed E-state index contributed by atoms with van der Waals surface area (Å²) in [6, 6.07) is 11.4. The summed E-state index contributed by atoms with van der Waals surface area (Å²) < 4.78 is 43.9. The van der Waals surface area contributed by atoms with Crippen molar-refractivity contribution in [1.82, 2.24) is 14.9 Å². The quantitative estimate of drug-likeness (QED) is 0.576. The van der Waals surface area contributed by atoms with Crippen LogP contribution in [-0.4, -0.2) is 40.4 Å². The lowest BCUT2D eigenvalue weighted by Crippen LogP contribution is -2.41. The molecule has 1 N–H and O–H groups in total. The first-order chi connectivity index (χ1) is 16.0. The van der Waals surface area contributed by atoms with Crippen molar-refractivity contribution in [1.29, 1.82) is 0 Å². The van der Waals surface area contributed by atoms with Crippen LogP contribution in [0, 0.1) is 0 Å². The fraction of sp³-hybridized carbons (Fsp3) is 0.417. The molecule has 1 atom stereocenters. The number of halogens is 2. The predicted octanol–water partition coefficient (Wildman–Crippen LogP) is 3.81. The van der Waals surface area contributed by atoms with Crippen LogP contribution < -0.4 is 15.5 Å². The summed E-state index contributed by atoms with van der Waals surface area (Å²) >= 11 is 0. The normalized spacial score (nSPS) is 20.7. The monoisotopic (exact) mass is 469 g/mol. The van der Waals surface area contributed by atoms with E-state index in [-0.39, 0.29) is 23.3 Å². The molecule has 0 saturated carbocycles. The second-order valence-corrected chi connectivity index (χ2v) is 9.68. The minimum absolute atomic E-state index is 0.0588. The molecule has 3 heterocycles. The number of imidazole rings is 1. The number of amides is 1. The maximum atomic E-state index is 12.8. The molecule has 178 valence electrons. The number of hydrogen-bond donors (Lipinski definition) is 1. The van der Waals surface area contributed by atoms with E-state index in [2.05, 4.69) is 14.6 Å². The number of nitrogens with zero attached hydrogens (tertiary/aromatic N) is 2. The van der Waals surface area contributed by atoms with Gasteiger partial charge in [-0.05, 0) is 69.9 Å². The number of hydrogen-bond acceptors (Lipinski definition) is 5. The first kappa shape index (κ1) is 22.8. The first-order valence-electron chi connectivity index (χ1n) is 11.3. The maximum absolute atomic E-state index is 12.8. The van der Waals surface area contributed by atoms with Crippen molar-refractivity contribution in [2.45, 2.75) is 64.5 Å². The molecule has 0 spiro atoms. The fourth-order valence-corrected chi connectivity index (χ4v) is 4.36. The zero-order chi connectivity index (χ0) is 24.3. The molecule has 34 heavy (non-hydrogen) atoms.